The minimum atomic E-state index is -0.0103. The maximum Gasteiger partial charge on any atom is 0.0584 e. The molecule has 0 saturated carbocycles. The van der Waals surface area contributed by atoms with E-state index in [9.17, 15) is 5.11 Å². The van der Waals surface area contributed by atoms with E-state index in [-0.39, 0.29) is 24.7 Å². The zero-order valence-electron chi connectivity index (χ0n) is 11.3. The average molecular weight is 271 g/mol. The molecule has 18 heavy (non-hydrogen) atoms. The molecule has 0 aliphatic carbocycles. The average Bonchev–Trinajstić information content (AvgIpc) is 2.39. The van der Waals surface area contributed by atoms with Gasteiger partial charge in [0.15, 0.2) is 0 Å². The Kier molecular flexibility index (Phi) is 6.09. The Morgan fingerprint density at radius 1 is 1.39 bits per heavy atom. The highest BCUT2D eigenvalue weighted by Gasteiger charge is 2.27. The molecule has 102 valence electrons. The van der Waals surface area contributed by atoms with Gasteiger partial charge in [-0.25, -0.2) is 0 Å². The molecule has 3 atom stereocenters. The van der Waals surface area contributed by atoms with Crippen molar-refractivity contribution in [3.8, 4) is 0 Å². The summed E-state index contributed by atoms with van der Waals surface area (Å²) < 4.78 is 0. The van der Waals surface area contributed by atoms with E-state index >= 15 is 0 Å². The second-order valence-corrected chi connectivity index (χ2v) is 5.14. The van der Waals surface area contributed by atoms with Crippen LogP contribution in [0.15, 0.2) is 24.3 Å². The minimum Gasteiger partial charge on any atom is -0.395 e. The summed E-state index contributed by atoms with van der Waals surface area (Å²) in [4.78, 5) is 2.09. The molecule has 0 amide bonds. The lowest BCUT2D eigenvalue weighted by atomic mass is 9.95. The molecule has 1 aromatic rings. The Labute approximate surface area is 115 Å². The van der Waals surface area contributed by atoms with Crippen molar-refractivity contribution in [1.82, 2.24) is 4.90 Å². The molecule has 4 heteroatoms. The summed E-state index contributed by atoms with van der Waals surface area (Å²) in [5.74, 6) is 0. The van der Waals surface area contributed by atoms with Gasteiger partial charge in [-0.3, -0.25) is 4.90 Å². The van der Waals surface area contributed by atoms with Crippen LogP contribution in [-0.4, -0.2) is 35.7 Å². The van der Waals surface area contributed by atoms with E-state index in [0.717, 1.165) is 17.0 Å². The van der Waals surface area contributed by atoms with Gasteiger partial charge < -0.3 is 10.8 Å². The summed E-state index contributed by atoms with van der Waals surface area (Å²) in [6, 6.07) is 7.81. The fraction of sp³-hybridized carbons (Fsp3) is 0.571. The molecule has 3 unspecified atom stereocenters. The van der Waals surface area contributed by atoms with Gasteiger partial charge in [0.05, 0.1) is 12.6 Å². The molecule has 0 aromatic heterocycles. The molecule has 1 rings (SSSR count). The topological polar surface area (TPSA) is 49.5 Å². The maximum absolute atomic E-state index is 9.31. The van der Waals surface area contributed by atoms with Crippen LogP contribution in [-0.2, 0) is 0 Å². The van der Waals surface area contributed by atoms with Gasteiger partial charge in [-0.2, -0.15) is 0 Å². The van der Waals surface area contributed by atoms with E-state index < -0.39 is 0 Å². The molecule has 0 radical (unpaired) electrons. The molecule has 0 fully saturated rings. The Morgan fingerprint density at radius 2 is 2.00 bits per heavy atom. The number of nitrogens with two attached hydrogens (primary N) is 1. The van der Waals surface area contributed by atoms with Crippen LogP contribution in [0.4, 0.5) is 0 Å². The fourth-order valence-electron chi connectivity index (χ4n) is 2.09. The molecule has 0 bridgehead atoms. The molecule has 0 heterocycles. The van der Waals surface area contributed by atoms with Gasteiger partial charge in [0, 0.05) is 17.1 Å². The molecule has 0 saturated heterocycles. The van der Waals surface area contributed by atoms with Gasteiger partial charge in [0.25, 0.3) is 0 Å². The van der Waals surface area contributed by atoms with Gasteiger partial charge in [-0.15, -0.1) is 0 Å². The molecule has 3 N–H and O–H groups in total. The van der Waals surface area contributed by atoms with Crippen LogP contribution in [0.2, 0.25) is 5.02 Å². The monoisotopic (exact) mass is 270 g/mol. The van der Waals surface area contributed by atoms with E-state index in [1.54, 1.807) is 0 Å². The van der Waals surface area contributed by atoms with Gasteiger partial charge >= 0.3 is 0 Å². The second kappa shape index (κ2) is 7.10. The van der Waals surface area contributed by atoms with Crippen molar-refractivity contribution in [3.63, 3.8) is 0 Å². The van der Waals surface area contributed by atoms with Gasteiger partial charge in [-0.1, -0.05) is 36.7 Å². The van der Waals surface area contributed by atoms with Crippen molar-refractivity contribution in [1.29, 1.82) is 0 Å². The van der Waals surface area contributed by atoms with E-state index in [4.69, 9.17) is 17.3 Å². The molecular weight excluding hydrogens is 248 g/mol. The Morgan fingerprint density at radius 3 is 2.50 bits per heavy atom. The molecule has 3 nitrogen and oxygen atoms in total. The van der Waals surface area contributed by atoms with Crippen LogP contribution in [0, 0.1) is 0 Å². The third-order valence-corrected chi connectivity index (χ3v) is 3.84. The van der Waals surface area contributed by atoms with Gasteiger partial charge in [0.2, 0.25) is 0 Å². The summed E-state index contributed by atoms with van der Waals surface area (Å²) >= 11 is 6.27. The largest absolute Gasteiger partial charge is 0.395 e. The van der Waals surface area contributed by atoms with Crippen LogP contribution in [0.5, 0.6) is 0 Å². The number of rotatable bonds is 6. The third kappa shape index (κ3) is 3.45. The maximum atomic E-state index is 9.31. The Bertz CT molecular complexity index is 373. The molecule has 0 aliphatic heterocycles. The smallest absolute Gasteiger partial charge is 0.0584 e. The Balaban J connectivity index is 3.10. The SMILES string of the molecule is CCC(N)C(c1ccccc1Cl)N(C)C(C)CO. The van der Waals surface area contributed by atoms with Gasteiger partial charge in [-0.05, 0) is 32.0 Å². The van der Waals surface area contributed by atoms with Crippen molar-refractivity contribution in [2.24, 2.45) is 5.73 Å². The predicted octanol–water partition coefficient (Wildman–Crippen LogP) is 2.43. The van der Waals surface area contributed by atoms with Crippen LogP contribution in [0.1, 0.15) is 31.9 Å². The number of nitrogens with zero attached hydrogens (tertiary/aromatic N) is 1. The van der Waals surface area contributed by atoms with Crippen molar-refractivity contribution >= 4 is 11.6 Å². The molecular formula is C14H23ClN2O. The minimum absolute atomic E-state index is 0.0103. The number of hydrogen-bond acceptors (Lipinski definition) is 3. The zero-order valence-corrected chi connectivity index (χ0v) is 12.1. The summed E-state index contributed by atoms with van der Waals surface area (Å²) in [5, 5.41) is 10.0. The molecule has 0 spiro atoms. The van der Waals surface area contributed by atoms with Crippen molar-refractivity contribution in [2.45, 2.75) is 38.4 Å². The number of benzene rings is 1. The number of halogens is 1. The van der Waals surface area contributed by atoms with Crippen molar-refractivity contribution in [3.05, 3.63) is 34.9 Å². The fourth-order valence-corrected chi connectivity index (χ4v) is 2.34. The first-order valence-electron chi connectivity index (χ1n) is 6.35. The standard InChI is InChI=1S/C14H23ClN2O/c1-4-13(16)14(17(3)10(2)9-18)11-7-5-6-8-12(11)15/h5-8,10,13-14,18H,4,9,16H2,1-3H3. The highest BCUT2D eigenvalue weighted by atomic mass is 35.5. The summed E-state index contributed by atoms with van der Waals surface area (Å²) in [7, 11) is 1.98. The molecule has 0 aliphatic rings. The second-order valence-electron chi connectivity index (χ2n) is 4.74. The van der Waals surface area contributed by atoms with Crippen molar-refractivity contribution < 1.29 is 5.11 Å². The summed E-state index contributed by atoms with van der Waals surface area (Å²) in [6.45, 7) is 4.14. The van der Waals surface area contributed by atoms with Crippen LogP contribution in [0.3, 0.4) is 0 Å². The van der Waals surface area contributed by atoms with E-state index in [2.05, 4.69) is 11.8 Å². The zero-order chi connectivity index (χ0) is 13.7. The van der Waals surface area contributed by atoms with Crippen LogP contribution in [0.25, 0.3) is 0 Å². The first-order valence-corrected chi connectivity index (χ1v) is 6.73. The van der Waals surface area contributed by atoms with Crippen molar-refractivity contribution in [2.75, 3.05) is 13.7 Å². The molecule has 1 aromatic carbocycles. The highest BCUT2D eigenvalue weighted by Crippen LogP contribution is 2.30. The van der Waals surface area contributed by atoms with E-state index in [0.29, 0.717) is 0 Å². The number of aliphatic hydroxyl groups excluding tert-OH is 1. The third-order valence-electron chi connectivity index (χ3n) is 3.50. The van der Waals surface area contributed by atoms with E-state index in [1.165, 1.54) is 0 Å². The lowest BCUT2D eigenvalue weighted by Gasteiger charge is -2.36. The highest BCUT2D eigenvalue weighted by molar-refractivity contribution is 6.31. The van der Waals surface area contributed by atoms with Crippen LogP contribution < -0.4 is 5.73 Å². The van der Waals surface area contributed by atoms with Crippen LogP contribution >= 0.6 is 11.6 Å². The Hall–Kier alpha value is -0.610. The number of likely N-dealkylation sites (N-methyl/N-ethyl adjacent to an activating group) is 1. The first-order chi connectivity index (χ1) is 8.52. The predicted molar refractivity (Wildman–Crippen MR) is 76.8 cm³/mol. The number of aliphatic hydroxyl groups is 1. The van der Waals surface area contributed by atoms with Gasteiger partial charge in [0.1, 0.15) is 0 Å². The lowest BCUT2D eigenvalue weighted by molar-refractivity contribution is 0.105. The quantitative estimate of drug-likeness (QED) is 0.835. The summed E-state index contributed by atoms with van der Waals surface area (Å²) in [5.41, 5.74) is 7.25. The normalized spacial score (nSPS) is 16.6. The van der Waals surface area contributed by atoms with E-state index in [1.807, 2.05) is 38.2 Å². The lowest BCUT2D eigenvalue weighted by Crippen LogP contribution is -2.44. The summed E-state index contributed by atoms with van der Waals surface area (Å²) in [6.07, 6.45) is 0.860. The number of hydrogen-bond donors (Lipinski definition) is 2. The first kappa shape index (κ1) is 15.4.